The molecule has 1 N–H and O–H groups in total. The van der Waals surface area contributed by atoms with Crippen LogP contribution < -0.4 is 10.2 Å². The second-order valence-electron chi connectivity index (χ2n) is 12.2. The van der Waals surface area contributed by atoms with Gasteiger partial charge in [0.1, 0.15) is 12.2 Å². The summed E-state index contributed by atoms with van der Waals surface area (Å²) < 4.78 is 50.5. The SMILES string of the molecule is CCc1cc(N2Cc3c(cc(CNC4(C)CCC4)cc3C(F)(F)F)C2=O)cc([C@]2(c3nncn3C)C[C@@H](OC)C2)c1. The first-order valence-corrected chi connectivity index (χ1v) is 14.3. The van der Waals surface area contributed by atoms with Crippen molar-refractivity contribution in [3.05, 3.63) is 75.9 Å². The maximum absolute atomic E-state index is 14.3. The average molecular weight is 568 g/mol. The summed E-state index contributed by atoms with van der Waals surface area (Å²) in [5.74, 6) is 0.398. The molecule has 2 aromatic carbocycles. The zero-order valence-electron chi connectivity index (χ0n) is 23.9. The van der Waals surface area contributed by atoms with Gasteiger partial charge in [-0.3, -0.25) is 4.79 Å². The molecule has 2 saturated carbocycles. The molecular formula is C31H36F3N5O2. The minimum Gasteiger partial charge on any atom is -0.381 e. The van der Waals surface area contributed by atoms with E-state index in [1.54, 1.807) is 19.5 Å². The summed E-state index contributed by atoms with van der Waals surface area (Å²) in [4.78, 5) is 15.3. The summed E-state index contributed by atoms with van der Waals surface area (Å²) in [7, 11) is 3.59. The van der Waals surface area contributed by atoms with Gasteiger partial charge in [-0.05, 0) is 92.0 Å². The van der Waals surface area contributed by atoms with Crippen LogP contribution in [-0.2, 0) is 42.9 Å². The topological polar surface area (TPSA) is 72.3 Å². The highest BCUT2D eigenvalue weighted by atomic mass is 19.4. The molecule has 7 nitrogen and oxygen atoms in total. The smallest absolute Gasteiger partial charge is 0.381 e. The number of benzene rings is 2. The standard InChI is InChI=1S/C31H36F3N5O2/c1-5-19-9-21(30(14-23(15-30)41-4)28-37-36-18-38(28)3)13-22(10-19)39-17-25-24(27(39)40)11-20(12-26(25)31(32,33)34)16-35-29(2)7-6-8-29/h9-13,18,23,35H,5-8,14-17H2,1-4H3/t23-,30+. The van der Waals surface area contributed by atoms with E-state index in [0.717, 1.165) is 36.2 Å². The number of nitrogens with one attached hydrogen (secondary N) is 1. The molecule has 1 aliphatic heterocycles. The summed E-state index contributed by atoms with van der Waals surface area (Å²) in [6, 6.07) is 8.82. The van der Waals surface area contributed by atoms with E-state index >= 15 is 0 Å². The van der Waals surface area contributed by atoms with Crippen LogP contribution in [-0.4, -0.2) is 39.4 Å². The van der Waals surface area contributed by atoms with Gasteiger partial charge in [0.05, 0.1) is 23.6 Å². The summed E-state index contributed by atoms with van der Waals surface area (Å²) in [5.41, 5.74) is 1.95. The third-order valence-electron chi connectivity index (χ3n) is 9.46. The highest BCUT2D eigenvalue weighted by Gasteiger charge is 2.51. The molecule has 0 saturated heterocycles. The van der Waals surface area contributed by atoms with Gasteiger partial charge in [-0.15, -0.1) is 10.2 Å². The van der Waals surface area contributed by atoms with Gasteiger partial charge in [0.15, 0.2) is 0 Å². The Balaban J connectivity index is 1.38. The first kappa shape index (κ1) is 27.9. The van der Waals surface area contributed by atoms with Gasteiger partial charge in [0.2, 0.25) is 0 Å². The Bertz CT molecular complexity index is 1490. The second-order valence-corrected chi connectivity index (χ2v) is 12.2. The Morgan fingerprint density at radius 3 is 2.46 bits per heavy atom. The fourth-order valence-electron chi connectivity index (χ4n) is 6.69. The molecule has 218 valence electrons. The lowest BCUT2D eigenvalue weighted by molar-refractivity contribution is -0.138. The second kappa shape index (κ2) is 9.94. The van der Waals surface area contributed by atoms with Crippen molar-refractivity contribution in [3.63, 3.8) is 0 Å². The number of carbonyl (C=O) groups excluding carboxylic acids is 1. The number of nitrogens with zero attached hydrogens (tertiary/aromatic N) is 4. The van der Waals surface area contributed by atoms with E-state index in [0.29, 0.717) is 30.5 Å². The van der Waals surface area contributed by atoms with Gasteiger partial charge in [-0.1, -0.05) is 13.0 Å². The number of halogens is 3. The molecule has 1 aromatic heterocycles. The van der Waals surface area contributed by atoms with E-state index < -0.39 is 23.1 Å². The fraction of sp³-hybridized carbons (Fsp3) is 0.516. The Kier molecular flexibility index (Phi) is 6.77. The fourth-order valence-corrected chi connectivity index (χ4v) is 6.69. The summed E-state index contributed by atoms with van der Waals surface area (Å²) >= 11 is 0. The molecule has 41 heavy (non-hydrogen) atoms. The van der Waals surface area contributed by atoms with E-state index in [1.807, 2.05) is 30.7 Å². The molecule has 0 unspecified atom stereocenters. The molecule has 3 aliphatic rings. The summed E-state index contributed by atoms with van der Waals surface area (Å²) in [6.45, 7) is 4.28. The molecule has 0 atom stereocenters. The van der Waals surface area contributed by atoms with E-state index in [1.165, 1.54) is 11.0 Å². The van der Waals surface area contributed by atoms with Crippen molar-refractivity contribution in [1.82, 2.24) is 20.1 Å². The maximum Gasteiger partial charge on any atom is 0.416 e. The number of ether oxygens (including phenoxy) is 1. The van der Waals surface area contributed by atoms with Gasteiger partial charge in [0, 0.05) is 37.5 Å². The molecule has 1 amide bonds. The van der Waals surface area contributed by atoms with Crippen molar-refractivity contribution in [2.24, 2.45) is 7.05 Å². The lowest BCUT2D eigenvalue weighted by Gasteiger charge is -2.46. The summed E-state index contributed by atoms with van der Waals surface area (Å²) in [5, 5.41) is 11.9. The molecule has 3 aromatic rings. The molecule has 2 aliphatic carbocycles. The minimum atomic E-state index is -4.57. The predicted octanol–water partition coefficient (Wildman–Crippen LogP) is 5.68. The van der Waals surface area contributed by atoms with Crippen LogP contribution in [0.1, 0.15) is 90.0 Å². The number of fused-ring (bicyclic) bond motifs is 1. The van der Waals surface area contributed by atoms with Gasteiger partial charge in [-0.25, -0.2) is 0 Å². The highest BCUT2D eigenvalue weighted by molar-refractivity contribution is 6.10. The van der Waals surface area contributed by atoms with Crippen molar-refractivity contribution < 1.29 is 22.7 Å². The number of amides is 1. The first-order chi connectivity index (χ1) is 19.5. The molecular weight excluding hydrogens is 531 g/mol. The molecule has 0 spiro atoms. The van der Waals surface area contributed by atoms with E-state index in [-0.39, 0.29) is 35.9 Å². The van der Waals surface area contributed by atoms with Crippen molar-refractivity contribution >= 4 is 11.6 Å². The highest BCUT2D eigenvalue weighted by Crippen LogP contribution is 2.50. The normalized spacial score (nSPS) is 23.3. The Hall–Kier alpha value is -3.24. The quantitative estimate of drug-likeness (QED) is 0.379. The van der Waals surface area contributed by atoms with Crippen molar-refractivity contribution in [2.45, 2.75) is 88.7 Å². The Morgan fingerprint density at radius 2 is 1.88 bits per heavy atom. The lowest BCUT2D eigenvalue weighted by atomic mass is 9.61. The molecule has 10 heteroatoms. The number of anilines is 1. The van der Waals surface area contributed by atoms with Gasteiger partial charge in [0.25, 0.3) is 5.91 Å². The number of alkyl halides is 3. The van der Waals surface area contributed by atoms with Crippen LogP contribution in [0.2, 0.25) is 0 Å². The third kappa shape index (κ3) is 4.74. The predicted molar refractivity (Wildman–Crippen MR) is 149 cm³/mol. The zero-order valence-corrected chi connectivity index (χ0v) is 23.9. The zero-order chi connectivity index (χ0) is 29.2. The number of aromatic nitrogens is 3. The van der Waals surface area contributed by atoms with Crippen LogP contribution in [0, 0.1) is 0 Å². The number of hydrogen-bond donors (Lipinski definition) is 1. The van der Waals surface area contributed by atoms with Crippen LogP contribution in [0.3, 0.4) is 0 Å². The third-order valence-corrected chi connectivity index (χ3v) is 9.46. The summed E-state index contributed by atoms with van der Waals surface area (Å²) in [6.07, 6.45) is 2.36. The number of rotatable bonds is 8. The van der Waals surface area contributed by atoms with Crippen LogP contribution >= 0.6 is 0 Å². The number of carbonyl (C=O) groups is 1. The van der Waals surface area contributed by atoms with Gasteiger partial charge in [-0.2, -0.15) is 13.2 Å². The number of aryl methyl sites for hydroxylation is 2. The average Bonchev–Trinajstić information content (AvgIpc) is 3.48. The Labute approximate surface area is 238 Å². The van der Waals surface area contributed by atoms with Crippen LogP contribution in [0.15, 0.2) is 36.7 Å². The molecule has 2 fully saturated rings. The van der Waals surface area contributed by atoms with Crippen molar-refractivity contribution in [2.75, 3.05) is 12.0 Å². The van der Waals surface area contributed by atoms with Gasteiger partial charge < -0.3 is 19.5 Å². The monoisotopic (exact) mass is 567 g/mol. The number of methoxy groups -OCH3 is 1. The Morgan fingerprint density at radius 1 is 1.12 bits per heavy atom. The van der Waals surface area contributed by atoms with Gasteiger partial charge >= 0.3 is 6.18 Å². The first-order valence-electron chi connectivity index (χ1n) is 14.3. The van der Waals surface area contributed by atoms with Crippen LogP contribution in [0.25, 0.3) is 0 Å². The van der Waals surface area contributed by atoms with Crippen molar-refractivity contribution in [3.8, 4) is 0 Å². The lowest BCUT2D eigenvalue weighted by Crippen LogP contribution is -2.48. The largest absolute Gasteiger partial charge is 0.416 e. The van der Waals surface area contributed by atoms with E-state index in [9.17, 15) is 18.0 Å². The van der Waals surface area contributed by atoms with Crippen LogP contribution in [0.5, 0.6) is 0 Å². The molecule has 6 rings (SSSR count). The molecule has 2 heterocycles. The van der Waals surface area contributed by atoms with E-state index in [2.05, 4.69) is 28.5 Å². The minimum absolute atomic E-state index is 0.0377. The van der Waals surface area contributed by atoms with E-state index in [4.69, 9.17) is 4.74 Å². The van der Waals surface area contributed by atoms with Crippen molar-refractivity contribution in [1.29, 1.82) is 0 Å². The molecule has 0 bridgehead atoms. The maximum atomic E-state index is 14.3. The molecule has 0 radical (unpaired) electrons. The van der Waals surface area contributed by atoms with Crippen LogP contribution in [0.4, 0.5) is 18.9 Å². The number of hydrogen-bond acceptors (Lipinski definition) is 5.